The molecular weight excluding hydrogens is 198 g/mol. The van der Waals surface area contributed by atoms with E-state index in [4.69, 9.17) is 4.74 Å². The Hall–Kier alpha value is -0.0600. The van der Waals surface area contributed by atoms with Gasteiger partial charge in [0.1, 0.15) is 0 Å². The molecule has 14 heavy (non-hydrogen) atoms. The third kappa shape index (κ3) is 1.97. The van der Waals surface area contributed by atoms with E-state index in [-0.39, 0.29) is 5.12 Å². The van der Waals surface area contributed by atoms with Crippen LogP contribution in [0.3, 0.4) is 0 Å². The number of rotatable bonds is 2. The van der Waals surface area contributed by atoms with Crippen LogP contribution in [0.15, 0.2) is 0 Å². The van der Waals surface area contributed by atoms with Gasteiger partial charge in [-0.25, -0.2) is 0 Å². The van der Waals surface area contributed by atoms with Gasteiger partial charge in [0.2, 0.25) is 0 Å². The van der Waals surface area contributed by atoms with Gasteiger partial charge in [0.25, 0.3) is 0 Å². The monoisotopic (exact) mass is 215 g/mol. The molecule has 80 valence electrons. The minimum Gasteiger partial charge on any atom is -0.381 e. The molecule has 0 aliphatic carbocycles. The van der Waals surface area contributed by atoms with Crippen LogP contribution in [0.2, 0.25) is 0 Å². The fourth-order valence-electron chi connectivity index (χ4n) is 2.39. The number of nitrogens with one attached hydrogen (secondary N) is 1. The standard InChI is InChI=1S/C10H17NO2S/c1-8(12)14-5-9-4-11-6-10(9)2-3-13-7-10/h9,11H,2-7H2,1H3. The van der Waals surface area contributed by atoms with Crippen molar-refractivity contribution in [1.29, 1.82) is 0 Å². The highest BCUT2D eigenvalue weighted by Gasteiger charge is 2.45. The number of ether oxygens (including phenoxy) is 1. The zero-order valence-electron chi connectivity index (χ0n) is 8.54. The molecule has 0 aromatic heterocycles. The lowest BCUT2D eigenvalue weighted by molar-refractivity contribution is -0.109. The van der Waals surface area contributed by atoms with E-state index in [0.717, 1.165) is 38.5 Å². The van der Waals surface area contributed by atoms with E-state index in [2.05, 4.69) is 5.32 Å². The van der Waals surface area contributed by atoms with Crippen molar-refractivity contribution in [1.82, 2.24) is 5.32 Å². The minimum atomic E-state index is 0.228. The van der Waals surface area contributed by atoms with Crippen LogP contribution >= 0.6 is 11.8 Å². The highest BCUT2D eigenvalue weighted by Crippen LogP contribution is 2.40. The highest BCUT2D eigenvalue weighted by atomic mass is 32.2. The molecule has 1 spiro atoms. The van der Waals surface area contributed by atoms with E-state index < -0.39 is 0 Å². The third-order valence-corrected chi connectivity index (χ3v) is 4.33. The van der Waals surface area contributed by atoms with Crippen molar-refractivity contribution >= 4 is 16.9 Å². The summed E-state index contributed by atoms with van der Waals surface area (Å²) in [5, 5.41) is 3.65. The topological polar surface area (TPSA) is 38.3 Å². The molecule has 2 rings (SSSR count). The van der Waals surface area contributed by atoms with Crippen LogP contribution < -0.4 is 5.32 Å². The molecule has 0 radical (unpaired) electrons. The molecule has 0 bridgehead atoms. The van der Waals surface area contributed by atoms with Gasteiger partial charge in [0.05, 0.1) is 6.61 Å². The third-order valence-electron chi connectivity index (χ3n) is 3.36. The van der Waals surface area contributed by atoms with Crippen LogP contribution in [-0.4, -0.2) is 37.2 Å². The van der Waals surface area contributed by atoms with E-state index in [9.17, 15) is 4.79 Å². The second-order valence-electron chi connectivity index (χ2n) is 4.30. The average Bonchev–Trinajstić information content (AvgIpc) is 2.74. The molecular formula is C10H17NO2S. The molecule has 2 atom stereocenters. The summed E-state index contributed by atoms with van der Waals surface area (Å²) >= 11 is 1.45. The molecule has 0 aromatic rings. The van der Waals surface area contributed by atoms with E-state index in [1.807, 2.05) is 0 Å². The summed E-state index contributed by atoms with van der Waals surface area (Å²) in [6.45, 7) is 5.52. The van der Waals surface area contributed by atoms with E-state index >= 15 is 0 Å². The van der Waals surface area contributed by atoms with E-state index in [0.29, 0.717) is 11.3 Å². The summed E-state index contributed by atoms with van der Waals surface area (Å²) in [5.41, 5.74) is 0.336. The Bertz CT molecular complexity index is 221. The summed E-state index contributed by atoms with van der Waals surface area (Å²) in [7, 11) is 0. The first-order chi connectivity index (χ1) is 6.73. The van der Waals surface area contributed by atoms with Gasteiger partial charge >= 0.3 is 0 Å². The summed E-state index contributed by atoms with van der Waals surface area (Å²) in [6.07, 6.45) is 1.16. The van der Waals surface area contributed by atoms with Gasteiger partial charge in [-0.05, 0) is 18.9 Å². The van der Waals surface area contributed by atoms with Crippen LogP contribution in [-0.2, 0) is 9.53 Å². The van der Waals surface area contributed by atoms with Gasteiger partial charge in [0.15, 0.2) is 5.12 Å². The Kier molecular flexibility index (Phi) is 3.14. The maximum atomic E-state index is 10.9. The Balaban J connectivity index is 1.93. The van der Waals surface area contributed by atoms with Crippen molar-refractivity contribution in [2.24, 2.45) is 11.3 Å². The van der Waals surface area contributed by atoms with Gasteiger partial charge in [-0.15, -0.1) is 0 Å². The lowest BCUT2D eigenvalue weighted by atomic mass is 9.78. The first-order valence-electron chi connectivity index (χ1n) is 5.15. The fourth-order valence-corrected chi connectivity index (χ4v) is 3.30. The van der Waals surface area contributed by atoms with Gasteiger partial charge in [0, 0.05) is 31.2 Å². The van der Waals surface area contributed by atoms with Crippen LogP contribution in [0, 0.1) is 11.3 Å². The SMILES string of the molecule is CC(=O)SCC1CNCC12CCOC2. The summed E-state index contributed by atoms with van der Waals surface area (Å²) in [4.78, 5) is 10.9. The Morgan fingerprint density at radius 2 is 2.57 bits per heavy atom. The molecule has 2 heterocycles. The van der Waals surface area contributed by atoms with Gasteiger partial charge in [-0.2, -0.15) is 0 Å². The highest BCUT2D eigenvalue weighted by molar-refractivity contribution is 8.13. The number of carbonyl (C=O) groups excluding carboxylic acids is 1. The molecule has 2 saturated heterocycles. The maximum absolute atomic E-state index is 10.9. The Morgan fingerprint density at radius 1 is 1.71 bits per heavy atom. The smallest absolute Gasteiger partial charge is 0.185 e. The summed E-state index contributed by atoms with van der Waals surface area (Å²) in [5.74, 6) is 1.56. The number of hydrogen-bond acceptors (Lipinski definition) is 4. The predicted molar refractivity (Wildman–Crippen MR) is 57.4 cm³/mol. The first-order valence-corrected chi connectivity index (χ1v) is 6.13. The molecule has 2 aliphatic heterocycles. The largest absolute Gasteiger partial charge is 0.381 e. The van der Waals surface area contributed by atoms with Crippen molar-refractivity contribution in [3.63, 3.8) is 0 Å². The molecule has 3 nitrogen and oxygen atoms in total. The van der Waals surface area contributed by atoms with Crippen molar-refractivity contribution in [3.05, 3.63) is 0 Å². The van der Waals surface area contributed by atoms with Crippen molar-refractivity contribution in [3.8, 4) is 0 Å². The van der Waals surface area contributed by atoms with E-state index in [1.165, 1.54) is 11.8 Å². The fraction of sp³-hybridized carbons (Fsp3) is 0.900. The molecule has 0 aromatic carbocycles. The number of hydrogen-bond donors (Lipinski definition) is 1. The first kappa shape index (κ1) is 10.5. The van der Waals surface area contributed by atoms with Crippen molar-refractivity contribution < 1.29 is 9.53 Å². The zero-order chi connectivity index (χ0) is 10.0. The Morgan fingerprint density at radius 3 is 3.21 bits per heavy atom. The minimum absolute atomic E-state index is 0.228. The molecule has 4 heteroatoms. The lowest BCUT2D eigenvalue weighted by Gasteiger charge is -2.27. The molecule has 2 unspecified atom stereocenters. The summed E-state index contributed by atoms with van der Waals surface area (Å²) in [6, 6.07) is 0. The van der Waals surface area contributed by atoms with Crippen molar-refractivity contribution in [2.45, 2.75) is 13.3 Å². The normalized spacial score (nSPS) is 36.8. The summed E-state index contributed by atoms with van der Waals surface area (Å²) < 4.78 is 5.49. The van der Waals surface area contributed by atoms with E-state index in [1.54, 1.807) is 6.92 Å². The van der Waals surface area contributed by atoms with Crippen molar-refractivity contribution in [2.75, 3.05) is 32.1 Å². The molecule has 2 fully saturated rings. The molecule has 0 amide bonds. The molecule has 1 N–H and O–H groups in total. The predicted octanol–water partition coefficient (Wildman–Crippen LogP) is 0.892. The number of carbonyl (C=O) groups is 1. The zero-order valence-corrected chi connectivity index (χ0v) is 9.36. The van der Waals surface area contributed by atoms with Gasteiger partial charge < -0.3 is 10.1 Å². The van der Waals surface area contributed by atoms with Crippen LogP contribution in [0.4, 0.5) is 0 Å². The lowest BCUT2D eigenvalue weighted by Crippen LogP contribution is -2.32. The maximum Gasteiger partial charge on any atom is 0.185 e. The van der Waals surface area contributed by atoms with Gasteiger partial charge in [-0.3, -0.25) is 4.79 Å². The van der Waals surface area contributed by atoms with Crippen LogP contribution in [0.5, 0.6) is 0 Å². The van der Waals surface area contributed by atoms with Crippen LogP contribution in [0.25, 0.3) is 0 Å². The molecule has 2 aliphatic rings. The van der Waals surface area contributed by atoms with Crippen LogP contribution in [0.1, 0.15) is 13.3 Å². The molecule has 0 saturated carbocycles. The van der Waals surface area contributed by atoms with Gasteiger partial charge in [-0.1, -0.05) is 11.8 Å². The number of thioether (sulfide) groups is 1. The quantitative estimate of drug-likeness (QED) is 0.742. The second-order valence-corrected chi connectivity index (χ2v) is 5.49. The second kappa shape index (κ2) is 4.21. The average molecular weight is 215 g/mol. The Labute approximate surface area is 89.0 Å².